The molecule has 0 unspecified atom stereocenters. The van der Waals surface area contributed by atoms with Crippen molar-refractivity contribution in [2.45, 2.75) is 5.22 Å². The Labute approximate surface area is 188 Å². The molecule has 0 spiro atoms. The number of nitrogens with one attached hydrogen (secondary N) is 1. The molecule has 0 fully saturated rings. The average Bonchev–Trinajstić information content (AvgIpc) is 3.20. The molecule has 0 aliphatic carbocycles. The van der Waals surface area contributed by atoms with Crippen LogP contribution in [0.2, 0.25) is 10.0 Å². The van der Waals surface area contributed by atoms with Crippen molar-refractivity contribution in [2.75, 3.05) is 11.1 Å². The molecule has 7 heteroatoms. The minimum atomic E-state index is -0.232. The van der Waals surface area contributed by atoms with E-state index in [9.17, 15) is 4.79 Å². The predicted octanol–water partition coefficient (Wildman–Crippen LogP) is 7.05. The summed E-state index contributed by atoms with van der Waals surface area (Å²) in [7, 11) is 0. The fourth-order valence-corrected chi connectivity index (χ4v) is 3.81. The molecule has 0 saturated heterocycles. The maximum atomic E-state index is 12.4. The summed E-state index contributed by atoms with van der Waals surface area (Å²) in [6, 6.07) is 24.5. The summed E-state index contributed by atoms with van der Waals surface area (Å²) >= 11 is 13.3. The summed E-state index contributed by atoms with van der Waals surface area (Å²) in [5, 5.41) is 4.10. The Hall–Kier alpha value is -2.73. The number of hydrogen-bond acceptors (Lipinski definition) is 4. The second-order valence-corrected chi connectivity index (χ2v) is 8.12. The van der Waals surface area contributed by atoms with Gasteiger partial charge in [-0.15, -0.1) is 0 Å². The maximum absolute atomic E-state index is 12.4. The zero-order valence-corrected chi connectivity index (χ0v) is 18.0. The topological polar surface area (TPSA) is 55.1 Å². The number of amides is 1. The van der Waals surface area contributed by atoms with Gasteiger partial charge in [-0.2, -0.15) is 0 Å². The molecule has 30 heavy (non-hydrogen) atoms. The van der Waals surface area contributed by atoms with Crippen LogP contribution in [-0.4, -0.2) is 16.6 Å². The van der Waals surface area contributed by atoms with Crippen molar-refractivity contribution in [1.82, 2.24) is 4.98 Å². The van der Waals surface area contributed by atoms with E-state index in [4.69, 9.17) is 27.6 Å². The van der Waals surface area contributed by atoms with Crippen molar-refractivity contribution in [2.24, 2.45) is 0 Å². The highest BCUT2D eigenvalue weighted by atomic mass is 35.5. The molecule has 0 saturated carbocycles. The van der Waals surface area contributed by atoms with Gasteiger partial charge < -0.3 is 9.73 Å². The van der Waals surface area contributed by atoms with E-state index in [2.05, 4.69) is 10.3 Å². The van der Waals surface area contributed by atoms with E-state index in [1.165, 1.54) is 11.8 Å². The molecule has 1 N–H and O–H groups in total. The highest BCUT2D eigenvalue weighted by molar-refractivity contribution is 7.99. The zero-order valence-electron chi connectivity index (χ0n) is 15.6. The van der Waals surface area contributed by atoms with Crippen LogP contribution in [0, 0.1) is 0 Å². The van der Waals surface area contributed by atoms with Crippen LogP contribution in [0.4, 0.5) is 5.69 Å². The van der Waals surface area contributed by atoms with E-state index in [0.29, 0.717) is 26.7 Å². The van der Waals surface area contributed by atoms with Crippen LogP contribution in [-0.2, 0) is 4.79 Å². The van der Waals surface area contributed by atoms with Gasteiger partial charge in [0.25, 0.3) is 5.22 Å². The van der Waals surface area contributed by atoms with Crippen molar-refractivity contribution >= 4 is 46.6 Å². The van der Waals surface area contributed by atoms with Crippen LogP contribution in [0.3, 0.4) is 0 Å². The number of benzene rings is 3. The molecule has 0 aliphatic heterocycles. The van der Waals surface area contributed by atoms with Crippen LogP contribution >= 0.6 is 35.0 Å². The van der Waals surface area contributed by atoms with E-state index in [1.807, 2.05) is 60.7 Å². The Bertz CT molecular complexity index is 1110. The third-order valence-electron chi connectivity index (χ3n) is 4.22. The van der Waals surface area contributed by atoms with Crippen LogP contribution in [0.1, 0.15) is 0 Å². The standard InChI is InChI=1S/C23H16Cl2N2O2S/c24-17-11-12-18(25)19(13-17)26-20(28)14-30-23-27-21(15-7-3-1-4-8-15)22(29-23)16-9-5-2-6-10-16/h1-13H,14H2,(H,26,28). The number of carbonyl (C=O) groups excluding carboxylic acids is 1. The first-order valence-electron chi connectivity index (χ1n) is 9.09. The van der Waals surface area contributed by atoms with Gasteiger partial charge in [0.05, 0.1) is 16.5 Å². The molecule has 0 atom stereocenters. The maximum Gasteiger partial charge on any atom is 0.257 e. The first kappa shape index (κ1) is 20.5. The van der Waals surface area contributed by atoms with Gasteiger partial charge in [0, 0.05) is 16.1 Å². The molecule has 4 rings (SSSR count). The first-order chi connectivity index (χ1) is 14.6. The molecule has 0 radical (unpaired) electrons. The summed E-state index contributed by atoms with van der Waals surface area (Å²) in [5.74, 6) is 0.554. The summed E-state index contributed by atoms with van der Waals surface area (Å²) in [5.41, 5.74) is 3.08. The Kier molecular flexibility index (Phi) is 6.43. The highest BCUT2D eigenvalue weighted by Crippen LogP contribution is 2.35. The lowest BCUT2D eigenvalue weighted by Crippen LogP contribution is -2.14. The van der Waals surface area contributed by atoms with Crippen molar-refractivity contribution in [1.29, 1.82) is 0 Å². The fourth-order valence-electron chi connectivity index (χ4n) is 2.85. The monoisotopic (exact) mass is 454 g/mol. The van der Waals surface area contributed by atoms with Crippen LogP contribution in [0.25, 0.3) is 22.6 Å². The SMILES string of the molecule is O=C(CSc1nc(-c2ccccc2)c(-c2ccccc2)o1)Nc1cc(Cl)ccc1Cl. The Morgan fingerprint density at radius 2 is 1.60 bits per heavy atom. The quantitative estimate of drug-likeness (QED) is 0.317. The number of hydrogen-bond donors (Lipinski definition) is 1. The van der Waals surface area contributed by atoms with E-state index < -0.39 is 0 Å². The number of oxazole rings is 1. The Balaban J connectivity index is 1.54. The molecule has 4 aromatic rings. The number of thioether (sulfide) groups is 1. The van der Waals surface area contributed by atoms with E-state index in [1.54, 1.807) is 18.2 Å². The van der Waals surface area contributed by atoms with Crippen molar-refractivity contribution in [3.05, 3.63) is 88.9 Å². The lowest BCUT2D eigenvalue weighted by Gasteiger charge is -2.06. The van der Waals surface area contributed by atoms with Gasteiger partial charge in [-0.25, -0.2) is 4.98 Å². The van der Waals surface area contributed by atoms with Gasteiger partial charge in [-0.3, -0.25) is 4.79 Å². The molecule has 1 aromatic heterocycles. The number of nitrogens with zero attached hydrogens (tertiary/aromatic N) is 1. The molecule has 3 aromatic carbocycles. The third-order valence-corrected chi connectivity index (χ3v) is 5.61. The van der Waals surface area contributed by atoms with Gasteiger partial charge in [0.1, 0.15) is 5.69 Å². The molecule has 0 aliphatic rings. The smallest absolute Gasteiger partial charge is 0.257 e. The number of anilines is 1. The molecule has 1 amide bonds. The number of aromatic nitrogens is 1. The lowest BCUT2D eigenvalue weighted by atomic mass is 10.1. The number of rotatable bonds is 6. The van der Waals surface area contributed by atoms with Crippen LogP contribution < -0.4 is 5.32 Å². The van der Waals surface area contributed by atoms with Gasteiger partial charge in [-0.05, 0) is 18.2 Å². The largest absolute Gasteiger partial charge is 0.431 e. The fraction of sp³-hybridized carbons (Fsp3) is 0.0435. The average molecular weight is 455 g/mol. The van der Waals surface area contributed by atoms with Gasteiger partial charge >= 0.3 is 0 Å². The zero-order chi connectivity index (χ0) is 20.9. The molecular formula is C23H16Cl2N2O2S. The summed E-state index contributed by atoms with van der Waals surface area (Å²) < 4.78 is 6.02. The summed E-state index contributed by atoms with van der Waals surface area (Å²) in [6.07, 6.45) is 0. The molecule has 4 nitrogen and oxygen atoms in total. The Morgan fingerprint density at radius 1 is 0.933 bits per heavy atom. The van der Waals surface area contributed by atoms with Gasteiger partial charge in [0.15, 0.2) is 5.76 Å². The van der Waals surface area contributed by atoms with Crippen LogP contribution in [0.5, 0.6) is 0 Å². The molecular weight excluding hydrogens is 439 g/mol. The van der Waals surface area contributed by atoms with Crippen LogP contribution in [0.15, 0.2) is 88.5 Å². The van der Waals surface area contributed by atoms with Crippen molar-refractivity contribution in [3.63, 3.8) is 0 Å². The minimum Gasteiger partial charge on any atom is -0.431 e. The second-order valence-electron chi connectivity index (χ2n) is 6.35. The molecule has 150 valence electrons. The van der Waals surface area contributed by atoms with E-state index >= 15 is 0 Å². The molecule has 0 bridgehead atoms. The second kappa shape index (κ2) is 9.39. The summed E-state index contributed by atoms with van der Waals surface area (Å²) in [6.45, 7) is 0. The van der Waals surface area contributed by atoms with Crippen molar-refractivity contribution < 1.29 is 9.21 Å². The molecule has 1 heterocycles. The number of halogens is 2. The lowest BCUT2D eigenvalue weighted by molar-refractivity contribution is -0.113. The van der Waals surface area contributed by atoms with Crippen molar-refractivity contribution in [3.8, 4) is 22.6 Å². The summed E-state index contributed by atoms with van der Waals surface area (Å²) in [4.78, 5) is 17.0. The normalized spacial score (nSPS) is 10.7. The predicted molar refractivity (Wildman–Crippen MR) is 123 cm³/mol. The van der Waals surface area contributed by atoms with E-state index in [-0.39, 0.29) is 11.7 Å². The van der Waals surface area contributed by atoms with Gasteiger partial charge in [0.2, 0.25) is 5.91 Å². The third kappa shape index (κ3) is 4.87. The number of carbonyl (C=O) groups is 1. The highest BCUT2D eigenvalue weighted by Gasteiger charge is 2.18. The van der Waals surface area contributed by atoms with Gasteiger partial charge in [-0.1, -0.05) is 95.6 Å². The Morgan fingerprint density at radius 3 is 2.30 bits per heavy atom. The first-order valence-corrected chi connectivity index (χ1v) is 10.8. The van der Waals surface area contributed by atoms with E-state index in [0.717, 1.165) is 16.8 Å². The minimum absolute atomic E-state index is 0.117.